The Kier molecular flexibility index (Phi) is 6.75. The predicted octanol–water partition coefficient (Wildman–Crippen LogP) is 2.22. The third-order valence-electron chi connectivity index (χ3n) is 4.86. The van der Waals surface area contributed by atoms with Crippen molar-refractivity contribution in [3.05, 3.63) is 46.3 Å². The van der Waals surface area contributed by atoms with Crippen LogP contribution in [0.25, 0.3) is 11.0 Å². The van der Waals surface area contributed by atoms with Crippen LogP contribution in [-0.4, -0.2) is 64.9 Å². The predicted molar refractivity (Wildman–Crippen MR) is 125 cm³/mol. The number of anilines is 1. The number of aromatic nitrogens is 2. The number of thioether (sulfide) groups is 1. The maximum atomic E-state index is 12.9. The molecule has 0 radical (unpaired) electrons. The van der Waals surface area contributed by atoms with Crippen molar-refractivity contribution in [3.63, 3.8) is 0 Å². The molecule has 1 aromatic carbocycles. The molecule has 9 nitrogen and oxygen atoms in total. The van der Waals surface area contributed by atoms with Crippen LogP contribution >= 0.6 is 23.1 Å². The SMILES string of the molecule is CC(C)NC(=O)CSc1nnc(N2CCN(C(=O)c3cc(=O)c4ccccc4o3)CC2)s1. The second kappa shape index (κ2) is 9.70. The van der Waals surface area contributed by atoms with Crippen LogP contribution in [0.1, 0.15) is 24.4 Å². The zero-order valence-corrected chi connectivity index (χ0v) is 19.4. The number of para-hydroxylation sites is 1. The molecule has 32 heavy (non-hydrogen) atoms. The Morgan fingerprint density at radius 1 is 1.19 bits per heavy atom. The van der Waals surface area contributed by atoms with E-state index in [1.54, 1.807) is 29.2 Å². The zero-order valence-electron chi connectivity index (χ0n) is 17.7. The number of carbonyl (C=O) groups is 2. The molecule has 0 spiro atoms. The number of hydrogen-bond donors (Lipinski definition) is 1. The summed E-state index contributed by atoms with van der Waals surface area (Å²) in [5.41, 5.74) is 0.178. The topological polar surface area (TPSA) is 109 Å². The summed E-state index contributed by atoms with van der Waals surface area (Å²) in [5, 5.41) is 12.5. The Bertz CT molecular complexity index is 1180. The van der Waals surface area contributed by atoms with E-state index in [0.717, 1.165) is 9.47 Å². The van der Waals surface area contributed by atoms with Crippen molar-refractivity contribution in [3.8, 4) is 0 Å². The number of benzene rings is 1. The Morgan fingerprint density at radius 3 is 2.69 bits per heavy atom. The van der Waals surface area contributed by atoms with Gasteiger partial charge in [0, 0.05) is 38.3 Å². The van der Waals surface area contributed by atoms with E-state index in [2.05, 4.69) is 20.4 Å². The second-order valence-corrected chi connectivity index (χ2v) is 9.79. The normalized spacial score (nSPS) is 14.2. The first-order valence-corrected chi connectivity index (χ1v) is 12.0. The lowest BCUT2D eigenvalue weighted by atomic mass is 10.2. The minimum absolute atomic E-state index is 0.0331. The third-order valence-corrected chi connectivity index (χ3v) is 6.97. The van der Waals surface area contributed by atoms with Gasteiger partial charge in [0.15, 0.2) is 15.5 Å². The third kappa shape index (κ3) is 5.10. The number of nitrogens with zero attached hydrogens (tertiary/aromatic N) is 4. The largest absolute Gasteiger partial charge is 0.451 e. The van der Waals surface area contributed by atoms with Gasteiger partial charge in [-0.1, -0.05) is 35.2 Å². The first kappa shape index (κ1) is 22.3. The maximum Gasteiger partial charge on any atom is 0.289 e. The first-order valence-electron chi connectivity index (χ1n) is 10.2. The summed E-state index contributed by atoms with van der Waals surface area (Å²) < 4.78 is 6.41. The number of nitrogens with one attached hydrogen (secondary N) is 1. The standard InChI is InChI=1S/C21H23N5O4S2/c1-13(2)22-18(28)12-31-21-24-23-20(32-21)26-9-7-25(8-10-26)19(29)17-11-15(27)14-5-3-4-6-16(14)30-17/h3-6,11,13H,7-10,12H2,1-2H3,(H,22,28). The van der Waals surface area contributed by atoms with Gasteiger partial charge in [0.05, 0.1) is 11.1 Å². The van der Waals surface area contributed by atoms with Gasteiger partial charge in [0.2, 0.25) is 11.0 Å². The molecule has 4 rings (SSSR count). The van der Waals surface area contributed by atoms with Gasteiger partial charge in [-0.15, -0.1) is 10.2 Å². The molecule has 0 saturated carbocycles. The fraction of sp³-hybridized carbons (Fsp3) is 0.381. The maximum absolute atomic E-state index is 12.9. The molecule has 168 valence electrons. The molecule has 0 aliphatic carbocycles. The summed E-state index contributed by atoms with van der Waals surface area (Å²) in [5.74, 6) is 0.0225. The van der Waals surface area contributed by atoms with Crippen molar-refractivity contribution in [2.75, 3.05) is 36.8 Å². The molecular weight excluding hydrogens is 450 g/mol. The van der Waals surface area contributed by atoms with Gasteiger partial charge >= 0.3 is 0 Å². The minimum atomic E-state index is -0.294. The summed E-state index contributed by atoms with van der Waals surface area (Å²) in [4.78, 5) is 40.7. The highest BCUT2D eigenvalue weighted by Crippen LogP contribution is 2.28. The van der Waals surface area contributed by atoms with Crippen LogP contribution in [0.2, 0.25) is 0 Å². The smallest absolute Gasteiger partial charge is 0.289 e. The molecule has 1 fully saturated rings. The highest BCUT2D eigenvalue weighted by Gasteiger charge is 2.26. The lowest BCUT2D eigenvalue weighted by Gasteiger charge is -2.33. The molecule has 0 bridgehead atoms. The monoisotopic (exact) mass is 473 g/mol. The lowest BCUT2D eigenvalue weighted by Crippen LogP contribution is -2.48. The quantitative estimate of drug-likeness (QED) is 0.543. The Labute approximate surface area is 192 Å². The van der Waals surface area contributed by atoms with Crippen LogP contribution in [0, 0.1) is 0 Å². The van der Waals surface area contributed by atoms with E-state index < -0.39 is 0 Å². The van der Waals surface area contributed by atoms with Gasteiger partial charge in [-0.25, -0.2) is 0 Å². The molecule has 3 heterocycles. The molecule has 11 heteroatoms. The van der Waals surface area contributed by atoms with E-state index in [1.807, 2.05) is 13.8 Å². The van der Waals surface area contributed by atoms with Crippen LogP contribution < -0.4 is 15.6 Å². The number of piperazine rings is 1. The van der Waals surface area contributed by atoms with E-state index in [0.29, 0.717) is 42.9 Å². The molecule has 1 aliphatic heterocycles. The number of hydrogen-bond acceptors (Lipinski definition) is 9. The summed E-state index contributed by atoms with van der Waals surface area (Å²) in [6.45, 7) is 5.99. The molecule has 2 aromatic heterocycles. The Balaban J connectivity index is 1.34. The molecular formula is C21H23N5O4S2. The minimum Gasteiger partial charge on any atom is -0.451 e. The molecule has 0 unspecified atom stereocenters. The molecule has 1 saturated heterocycles. The van der Waals surface area contributed by atoms with Crippen LogP contribution in [0.4, 0.5) is 5.13 Å². The number of amides is 2. The van der Waals surface area contributed by atoms with Crippen LogP contribution in [0.3, 0.4) is 0 Å². The van der Waals surface area contributed by atoms with E-state index in [9.17, 15) is 14.4 Å². The first-order chi connectivity index (χ1) is 15.4. The van der Waals surface area contributed by atoms with Gasteiger partial charge in [0.1, 0.15) is 5.58 Å². The average Bonchev–Trinajstić information content (AvgIpc) is 3.26. The summed E-state index contributed by atoms with van der Waals surface area (Å²) in [6, 6.07) is 8.26. The molecule has 2 amide bonds. The van der Waals surface area contributed by atoms with E-state index in [-0.39, 0.29) is 29.0 Å². The lowest BCUT2D eigenvalue weighted by molar-refractivity contribution is -0.119. The number of carbonyl (C=O) groups excluding carboxylic acids is 2. The summed E-state index contributed by atoms with van der Waals surface area (Å²) in [7, 11) is 0. The van der Waals surface area contributed by atoms with Crippen LogP contribution in [0.5, 0.6) is 0 Å². The van der Waals surface area contributed by atoms with Crippen molar-refractivity contribution in [2.45, 2.75) is 24.2 Å². The number of fused-ring (bicyclic) bond motifs is 1. The molecule has 1 N–H and O–H groups in total. The van der Waals surface area contributed by atoms with Gasteiger partial charge < -0.3 is 19.5 Å². The summed E-state index contributed by atoms with van der Waals surface area (Å²) in [6.07, 6.45) is 0. The van der Waals surface area contributed by atoms with Gasteiger partial charge in [-0.05, 0) is 26.0 Å². The molecule has 3 aromatic rings. The van der Waals surface area contributed by atoms with Crippen molar-refractivity contribution in [1.29, 1.82) is 0 Å². The van der Waals surface area contributed by atoms with Crippen molar-refractivity contribution in [1.82, 2.24) is 20.4 Å². The van der Waals surface area contributed by atoms with E-state index >= 15 is 0 Å². The van der Waals surface area contributed by atoms with Gasteiger partial charge in [-0.2, -0.15) is 0 Å². The van der Waals surface area contributed by atoms with Gasteiger partial charge in [0.25, 0.3) is 5.91 Å². The van der Waals surface area contributed by atoms with Crippen molar-refractivity contribution >= 4 is 51.0 Å². The van der Waals surface area contributed by atoms with Crippen molar-refractivity contribution < 1.29 is 14.0 Å². The number of rotatable bonds is 6. The highest BCUT2D eigenvalue weighted by molar-refractivity contribution is 8.01. The Morgan fingerprint density at radius 2 is 1.94 bits per heavy atom. The zero-order chi connectivity index (χ0) is 22.7. The second-order valence-electron chi connectivity index (χ2n) is 7.61. The molecule has 0 atom stereocenters. The van der Waals surface area contributed by atoms with Crippen LogP contribution in [0.15, 0.2) is 43.9 Å². The van der Waals surface area contributed by atoms with Crippen molar-refractivity contribution in [2.24, 2.45) is 0 Å². The van der Waals surface area contributed by atoms with E-state index in [4.69, 9.17) is 4.42 Å². The van der Waals surface area contributed by atoms with E-state index in [1.165, 1.54) is 29.2 Å². The highest BCUT2D eigenvalue weighted by atomic mass is 32.2. The summed E-state index contributed by atoms with van der Waals surface area (Å²) >= 11 is 2.79. The fourth-order valence-electron chi connectivity index (χ4n) is 3.35. The average molecular weight is 474 g/mol. The van der Waals surface area contributed by atoms with Gasteiger partial charge in [-0.3, -0.25) is 14.4 Å². The Hall–Kier alpha value is -2.92. The van der Waals surface area contributed by atoms with Crippen LogP contribution in [-0.2, 0) is 4.79 Å². The fourth-order valence-corrected chi connectivity index (χ4v) is 5.05. The molecule has 1 aliphatic rings.